The second-order valence-corrected chi connectivity index (χ2v) is 14.0. The van der Waals surface area contributed by atoms with Gasteiger partial charge in [-0.3, -0.25) is 34.0 Å². The van der Waals surface area contributed by atoms with Crippen molar-refractivity contribution in [3.8, 4) is 28.2 Å². The van der Waals surface area contributed by atoms with Crippen LogP contribution in [0.25, 0.3) is 33.4 Å². The highest BCUT2D eigenvalue weighted by atomic mass is 32.1. The highest BCUT2D eigenvalue weighted by molar-refractivity contribution is 7.80. The molecule has 16 nitrogen and oxygen atoms in total. The summed E-state index contributed by atoms with van der Waals surface area (Å²) in [5.74, 6) is -2.91. The van der Waals surface area contributed by atoms with Crippen LogP contribution < -0.4 is 26.7 Å². The summed E-state index contributed by atoms with van der Waals surface area (Å²) in [6.07, 6.45) is 4.15. The number of fused-ring (bicyclic) bond motifs is 2. The molecular weight excluding hydrogens is 791 g/mol. The second-order valence-electron chi connectivity index (χ2n) is 13.6. The number of hydrogen-bond acceptors (Lipinski definition) is 12. The molecular formula is C43H41N7O9S. The number of esters is 1. The Kier molecular flexibility index (Phi) is 14.1. The van der Waals surface area contributed by atoms with E-state index in [1.54, 1.807) is 36.7 Å². The van der Waals surface area contributed by atoms with Crippen molar-refractivity contribution in [2.45, 2.75) is 32.0 Å². The molecule has 0 radical (unpaired) electrons. The third kappa shape index (κ3) is 11.2. The number of carbonyl (C=O) groups excluding carboxylic acids is 3. The normalized spacial score (nSPS) is 11.5. The SMILES string of the molecule is COC(=O)CNC(=O)[C@H](CCCN(Cc1ccccn1)Cc1ccccn1)NC(=O)CNC(=S)Nc1ccc(-c2c3ccc(=O)cc-3oc3cc(O)ccc23)c(C(=O)O)c1. The van der Waals surface area contributed by atoms with Crippen LogP contribution in [-0.2, 0) is 32.2 Å². The first-order valence-electron chi connectivity index (χ1n) is 18.8. The number of hydrogen-bond donors (Lipinski definition) is 6. The summed E-state index contributed by atoms with van der Waals surface area (Å²) in [6.45, 7) is 0.858. The Hall–Kier alpha value is -7.24. The number of carbonyl (C=O) groups is 4. The van der Waals surface area contributed by atoms with Crippen LogP contribution in [-0.4, -0.2) is 86.7 Å². The number of carboxylic acids is 1. The Morgan fingerprint density at radius 1 is 0.867 bits per heavy atom. The number of carboxylic acid groups (broad SMARTS) is 1. The molecule has 0 unspecified atom stereocenters. The van der Waals surface area contributed by atoms with Gasteiger partial charge in [0.25, 0.3) is 0 Å². The smallest absolute Gasteiger partial charge is 0.336 e. The number of nitrogens with zero attached hydrogens (tertiary/aromatic N) is 3. The number of aromatic hydroxyl groups is 1. The lowest BCUT2D eigenvalue weighted by molar-refractivity contribution is -0.141. The van der Waals surface area contributed by atoms with Gasteiger partial charge < -0.3 is 40.6 Å². The standard InChI is InChI=1S/C43H41N7O9S/c1-58-39(54)23-46-41(55)35(9-6-18-50(24-27-7-2-4-16-44-27)25-28-8-3-5-17-45-28)49-38(53)22-47-43(60)48-26-10-13-31(34(19-26)42(56)57)40-32-14-11-29(51)20-36(32)59-37-21-30(52)12-15-33(37)40/h2-5,7-8,10-17,19-21,35,51H,6,9,18,22-25H2,1H3,(H,46,55)(H,49,53)(H,56,57)(H2,47,48,60)/t35-/m0/s1. The Bertz CT molecular complexity index is 2490. The maximum atomic E-state index is 13.2. The van der Waals surface area contributed by atoms with E-state index in [1.807, 2.05) is 36.4 Å². The molecule has 17 heteroatoms. The first kappa shape index (κ1) is 42.4. The molecule has 60 heavy (non-hydrogen) atoms. The van der Waals surface area contributed by atoms with Crippen LogP contribution in [0.5, 0.6) is 5.75 Å². The number of methoxy groups -OCH3 is 1. The number of nitrogens with one attached hydrogen (secondary N) is 4. The number of phenols is 1. The van der Waals surface area contributed by atoms with Gasteiger partial charge in [-0.25, -0.2) is 4.79 Å². The molecule has 4 aromatic rings. The molecule has 0 bridgehead atoms. The van der Waals surface area contributed by atoms with Crippen LogP contribution in [0.2, 0.25) is 0 Å². The van der Waals surface area contributed by atoms with Crippen LogP contribution in [0.4, 0.5) is 5.69 Å². The van der Waals surface area contributed by atoms with Gasteiger partial charge in [0.15, 0.2) is 10.5 Å². The minimum atomic E-state index is -1.25. The molecule has 1 atom stereocenters. The Labute approximate surface area is 349 Å². The largest absolute Gasteiger partial charge is 0.508 e. The zero-order valence-electron chi connectivity index (χ0n) is 32.3. The van der Waals surface area contributed by atoms with Crippen LogP contribution in [0.1, 0.15) is 34.6 Å². The summed E-state index contributed by atoms with van der Waals surface area (Å²) < 4.78 is 10.5. The lowest BCUT2D eigenvalue weighted by Crippen LogP contribution is -2.50. The van der Waals surface area contributed by atoms with E-state index in [0.29, 0.717) is 53.8 Å². The molecule has 2 aliphatic rings. The van der Waals surface area contributed by atoms with E-state index in [1.165, 1.54) is 37.4 Å². The fraction of sp³-hybridized carbons (Fsp3) is 0.209. The van der Waals surface area contributed by atoms with Crippen molar-refractivity contribution in [2.75, 3.05) is 32.1 Å². The van der Waals surface area contributed by atoms with Gasteiger partial charge in [-0.1, -0.05) is 18.2 Å². The predicted molar refractivity (Wildman–Crippen MR) is 226 cm³/mol. The number of amides is 2. The molecule has 1 aliphatic carbocycles. The van der Waals surface area contributed by atoms with Gasteiger partial charge in [0.2, 0.25) is 11.8 Å². The number of aromatic nitrogens is 2. The van der Waals surface area contributed by atoms with E-state index in [0.717, 1.165) is 11.4 Å². The molecule has 0 saturated heterocycles. The maximum Gasteiger partial charge on any atom is 0.336 e. The zero-order valence-corrected chi connectivity index (χ0v) is 33.2. The molecule has 0 spiro atoms. The zero-order chi connectivity index (χ0) is 42.6. The van der Waals surface area contributed by atoms with E-state index in [-0.39, 0.29) is 52.7 Å². The molecule has 0 fully saturated rings. The van der Waals surface area contributed by atoms with Gasteiger partial charge in [-0.15, -0.1) is 0 Å². The highest BCUT2D eigenvalue weighted by Crippen LogP contribution is 2.42. The lowest BCUT2D eigenvalue weighted by atomic mass is 9.90. The molecule has 2 aromatic heterocycles. The first-order chi connectivity index (χ1) is 29.0. The predicted octanol–water partition coefficient (Wildman–Crippen LogP) is 4.30. The molecule has 0 saturated carbocycles. The van der Waals surface area contributed by atoms with Crippen molar-refractivity contribution in [1.29, 1.82) is 0 Å². The molecule has 6 rings (SSSR count). The Morgan fingerprint density at radius 2 is 1.58 bits per heavy atom. The third-order valence-corrected chi connectivity index (χ3v) is 9.59. The van der Waals surface area contributed by atoms with E-state index in [2.05, 4.69) is 40.9 Å². The average Bonchev–Trinajstić information content (AvgIpc) is 3.24. The summed E-state index contributed by atoms with van der Waals surface area (Å²) in [5.41, 5.74) is 3.13. The number of pyridine rings is 2. The van der Waals surface area contributed by atoms with E-state index < -0.39 is 29.8 Å². The minimum Gasteiger partial charge on any atom is -0.508 e. The minimum absolute atomic E-state index is 0.00604. The van der Waals surface area contributed by atoms with E-state index in [9.17, 15) is 34.2 Å². The van der Waals surface area contributed by atoms with Gasteiger partial charge in [0, 0.05) is 59.8 Å². The van der Waals surface area contributed by atoms with Gasteiger partial charge in [0.05, 0.1) is 30.6 Å². The topological polar surface area (TPSA) is 225 Å². The number of ether oxygens (including phenoxy) is 1. The fourth-order valence-corrected chi connectivity index (χ4v) is 6.74. The molecule has 308 valence electrons. The molecule has 3 heterocycles. The number of anilines is 1. The number of rotatable bonds is 17. The maximum absolute atomic E-state index is 13.2. The fourth-order valence-electron chi connectivity index (χ4n) is 6.55. The van der Waals surface area contributed by atoms with Gasteiger partial charge >= 0.3 is 11.9 Å². The van der Waals surface area contributed by atoms with Crippen molar-refractivity contribution in [1.82, 2.24) is 30.8 Å². The van der Waals surface area contributed by atoms with Crippen molar-refractivity contribution < 1.29 is 38.5 Å². The van der Waals surface area contributed by atoms with Crippen LogP contribution in [0.3, 0.4) is 0 Å². The van der Waals surface area contributed by atoms with E-state index in [4.69, 9.17) is 16.6 Å². The summed E-state index contributed by atoms with van der Waals surface area (Å²) in [7, 11) is 1.20. The molecule has 6 N–H and O–H groups in total. The third-order valence-electron chi connectivity index (χ3n) is 9.34. The lowest BCUT2D eigenvalue weighted by Gasteiger charge is -2.24. The van der Waals surface area contributed by atoms with Crippen molar-refractivity contribution >= 4 is 57.7 Å². The van der Waals surface area contributed by atoms with Crippen LogP contribution in [0, 0.1) is 0 Å². The summed E-state index contributed by atoms with van der Waals surface area (Å²) in [6, 6.07) is 23.5. The monoisotopic (exact) mass is 831 g/mol. The van der Waals surface area contributed by atoms with Crippen LogP contribution >= 0.6 is 12.2 Å². The molecule has 2 amide bonds. The van der Waals surface area contributed by atoms with Gasteiger partial charge in [0.1, 0.15) is 29.7 Å². The highest BCUT2D eigenvalue weighted by Gasteiger charge is 2.24. The quantitative estimate of drug-likeness (QED) is 0.0428. The van der Waals surface area contributed by atoms with Crippen LogP contribution in [0.15, 0.2) is 113 Å². The summed E-state index contributed by atoms with van der Waals surface area (Å²) in [4.78, 5) is 74.1. The van der Waals surface area contributed by atoms with Gasteiger partial charge in [-0.2, -0.15) is 0 Å². The van der Waals surface area contributed by atoms with Gasteiger partial charge in [-0.05, 0) is 97.8 Å². The average molecular weight is 832 g/mol. The summed E-state index contributed by atoms with van der Waals surface area (Å²) in [5, 5.41) is 31.8. The number of thiocarbonyl (C=S) groups is 1. The van der Waals surface area contributed by atoms with Crippen molar-refractivity contribution in [3.05, 3.63) is 131 Å². The molecule has 2 aromatic carbocycles. The number of phenolic OH excluding ortho intramolecular Hbond substituents is 1. The Balaban J connectivity index is 1.12. The molecule has 1 aliphatic heterocycles. The Morgan fingerprint density at radius 3 is 2.25 bits per heavy atom. The number of aromatic carboxylic acids is 1. The first-order valence-corrected chi connectivity index (χ1v) is 19.2. The second kappa shape index (κ2) is 20.0. The van der Waals surface area contributed by atoms with Crippen molar-refractivity contribution in [2.24, 2.45) is 0 Å². The van der Waals surface area contributed by atoms with E-state index >= 15 is 0 Å². The summed E-state index contributed by atoms with van der Waals surface area (Å²) >= 11 is 5.43. The number of benzene rings is 3. The van der Waals surface area contributed by atoms with Crippen molar-refractivity contribution in [3.63, 3.8) is 0 Å².